The fourth-order valence-electron chi connectivity index (χ4n) is 1.79. The number of hydrogen-bond donors (Lipinski definition) is 2. The summed E-state index contributed by atoms with van der Waals surface area (Å²) in [7, 11) is 0. The van der Waals surface area contributed by atoms with Crippen molar-refractivity contribution in [1.29, 1.82) is 0 Å². The van der Waals surface area contributed by atoms with Crippen LogP contribution in [0.15, 0.2) is 42.5 Å². The molecule has 0 aliphatic rings. The normalized spacial score (nSPS) is 12.2. The van der Waals surface area contributed by atoms with Gasteiger partial charge in [0.25, 0.3) is 0 Å². The van der Waals surface area contributed by atoms with Crippen molar-refractivity contribution < 1.29 is 15.2 Å². The van der Waals surface area contributed by atoms with Crippen LogP contribution in [0.1, 0.15) is 11.1 Å². The zero-order chi connectivity index (χ0) is 13.1. The second-order valence-corrected chi connectivity index (χ2v) is 4.26. The van der Waals surface area contributed by atoms with Crippen LogP contribution in [0.5, 0.6) is 11.5 Å². The number of ether oxygens (including phenoxy) is 1. The molecule has 0 saturated carbocycles. The van der Waals surface area contributed by atoms with Gasteiger partial charge in [-0.05, 0) is 49.2 Å². The average Bonchev–Trinajstić information content (AvgIpc) is 2.28. The van der Waals surface area contributed by atoms with Gasteiger partial charge in [-0.25, -0.2) is 5.21 Å². The summed E-state index contributed by atoms with van der Waals surface area (Å²) in [5.74, 6) is 1.39. The van der Waals surface area contributed by atoms with E-state index in [0.717, 1.165) is 16.9 Å². The van der Waals surface area contributed by atoms with E-state index in [1.807, 2.05) is 26.0 Å². The van der Waals surface area contributed by atoms with Gasteiger partial charge in [0.2, 0.25) is 0 Å². The molecule has 0 spiro atoms. The highest BCUT2D eigenvalue weighted by atomic mass is 16.8. The first-order chi connectivity index (χ1) is 8.54. The number of quaternary nitrogens is 1. The van der Waals surface area contributed by atoms with E-state index in [9.17, 15) is 5.21 Å². The molecule has 0 aromatic heterocycles. The average molecular weight is 245 g/mol. The molecule has 4 nitrogen and oxygen atoms in total. The maximum absolute atomic E-state index is 10.7. The zero-order valence-corrected chi connectivity index (χ0v) is 10.3. The minimum atomic E-state index is -0.937. The molecular weight excluding hydrogens is 230 g/mol. The lowest BCUT2D eigenvalue weighted by Gasteiger charge is -2.12. The molecule has 94 valence electrons. The summed E-state index contributed by atoms with van der Waals surface area (Å²) in [6.07, 6.45) is 0. The fraction of sp³-hybridized carbons (Fsp3) is 0.143. The molecular formula is C14H15NO3. The Kier molecular flexibility index (Phi) is 3.62. The molecule has 1 unspecified atom stereocenters. The zero-order valence-electron chi connectivity index (χ0n) is 10.3. The van der Waals surface area contributed by atoms with Crippen LogP contribution in [0, 0.1) is 19.1 Å². The van der Waals surface area contributed by atoms with Crippen LogP contribution in [0.2, 0.25) is 0 Å². The van der Waals surface area contributed by atoms with Gasteiger partial charge in [0.1, 0.15) is 11.5 Å². The number of rotatable bonds is 3. The molecule has 4 heteroatoms. The van der Waals surface area contributed by atoms with Crippen LogP contribution >= 0.6 is 0 Å². The van der Waals surface area contributed by atoms with Crippen molar-refractivity contribution in [3.63, 3.8) is 0 Å². The number of nitrogens with one attached hydrogen (secondary N) is 1. The largest absolute Gasteiger partial charge is 0.595 e. The number of hydrogen-bond acceptors (Lipinski definition) is 3. The highest BCUT2D eigenvalue weighted by Crippen LogP contribution is 2.24. The third-order valence-corrected chi connectivity index (χ3v) is 2.53. The number of aryl methyl sites for hydroxylation is 2. The Morgan fingerprint density at radius 1 is 0.944 bits per heavy atom. The summed E-state index contributed by atoms with van der Waals surface area (Å²) >= 11 is 0. The first-order valence-electron chi connectivity index (χ1n) is 5.64. The maximum Gasteiger partial charge on any atom is 0.164 e. The Morgan fingerprint density at radius 3 is 2.00 bits per heavy atom. The van der Waals surface area contributed by atoms with Gasteiger partial charge < -0.3 is 9.94 Å². The van der Waals surface area contributed by atoms with E-state index >= 15 is 0 Å². The van der Waals surface area contributed by atoms with Gasteiger partial charge in [-0.3, -0.25) is 0 Å². The van der Waals surface area contributed by atoms with Crippen molar-refractivity contribution in [2.24, 2.45) is 0 Å². The van der Waals surface area contributed by atoms with Crippen molar-refractivity contribution in [3.05, 3.63) is 58.8 Å². The Labute approximate surface area is 106 Å². The highest BCUT2D eigenvalue weighted by molar-refractivity contribution is 5.40. The van der Waals surface area contributed by atoms with Gasteiger partial charge in [-0.15, -0.1) is 0 Å². The van der Waals surface area contributed by atoms with Crippen LogP contribution < -0.4 is 9.96 Å². The first kappa shape index (κ1) is 12.6. The summed E-state index contributed by atoms with van der Waals surface area (Å²) < 4.78 is 5.68. The molecule has 0 aliphatic heterocycles. The Bertz CT molecular complexity index is 515. The molecule has 0 amide bonds. The van der Waals surface area contributed by atoms with E-state index in [4.69, 9.17) is 9.94 Å². The quantitative estimate of drug-likeness (QED) is 0.817. The van der Waals surface area contributed by atoms with Crippen molar-refractivity contribution in [2.45, 2.75) is 13.8 Å². The topological polar surface area (TPSA) is 57.0 Å². The predicted octanol–water partition coefficient (Wildman–Crippen LogP) is 2.50. The van der Waals surface area contributed by atoms with Gasteiger partial charge in [0.05, 0.1) is 0 Å². The Hall–Kier alpha value is -1.88. The molecule has 0 radical (unpaired) electrons. The molecule has 0 saturated heterocycles. The van der Waals surface area contributed by atoms with Crippen LogP contribution in [-0.2, 0) is 0 Å². The van der Waals surface area contributed by atoms with E-state index in [-0.39, 0.29) is 5.69 Å². The smallest absolute Gasteiger partial charge is 0.164 e. The van der Waals surface area contributed by atoms with Gasteiger partial charge in [0.15, 0.2) is 5.69 Å². The van der Waals surface area contributed by atoms with Crippen LogP contribution in [0.25, 0.3) is 0 Å². The fourth-order valence-corrected chi connectivity index (χ4v) is 1.79. The van der Waals surface area contributed by atoms with Crippen LogP contribution in [0.4, 0.5) is 5.69 Å². The van der Waals surface area contributed by atoms with Crippen molar-refractivity contribution >= 4 is 5.69 Å². The summed E-state index contributed by atoms with van der Waals surface area (Å²) in [6.45, 7) is 4.01. The Morgan fingerprint density at radius 2 is 1.50 bits per heavy atom. The second-order valence-electron chi connectivity index (χ2n) is 4.26. The van der Waals surface area contributed by atoms with Gasteiger partial charge in [-0.1, -0.05) is 6.07 Å². The van der Waals surface area contributed by atoms with E-state index in [1.165, 1.54) is 12.1 Å². The SMILES string of the molecule is Cc1cc(C)cc(Oc2ccc([NH+]([O-])O)cc2)c1. The second kappa shape index (κ2) is 5.18. The third-order valence-electron chi connectivity index (χ3n) is 2.53. The lowest BCUT2D eigenvalue weighted by Crippen LogP contribution is -2.99. The molecule has 0 aliphatic carbocycles. The summed E-state index contributed by atoms with van der Waals surface area (Å²) in [6, 6.07) is 12.3. The molecule has 2 aromatic rings. The van der Waals surface area contributed by atoms with Gasteiger partial charge in [-0.2, -0.15) is 5.23 Å². The lowest BCUT2D eigenvalue weighted by atomic mass is 10.1. The van der Waals surface area contributed by atoms with Crippen LogP contribution in [0.3, 0.4) is 0 Å². The molecule has 1 atom stereocenters. The lowest BCUT2D eigenvalue weighted by molar-refractivity contribution is -0.991. The molecule has 2 N–H and O–H groups in total. The molecule has 18 heavy (non-hydrogen) atoms. The summed E-state index contributed by atoms with van der Waals surface area (Å²) in [4.78, 5) is 0. The molecule has 2 rings (SSSR count). The highest BCUT2D eigenvalue weighted by Gasteiger charge is 2.02. The van der Waals surface area contributed by atoms with Crippen LogP contribution in [-0.4, -0.2) is 5.21 Å². The van der Waals surface area contributed by atoms with Gasteiger partial charge >= 0.3 is 0 Å². The first-order valence-corrected chi connectivity index (χ1v) is 5.64. The number of benzene rings is 2. The summed E-state index contributed by atoms with van der Waals surface area (Å²) in [5.41, 5.74) is 2.52. The van der Waals surface area contributed by atoms with E-state index in [0.29, 0.717) is 5.75 Å². The molecule has 0 heterocycles. The molecule has 2 aromatic carbocycles. The minimum Gasteiger partial charge on any atom is -0.595 e. The van der Waals surface area contributed by atoms with Crippen molar-refractivity contribution in [1.82, 2.24) is 0 Å². The van der Waals surface area contributed by atoms with E-state index < -0.39 is 5.23 Å². The van der Waals surface area contributed by atoms with E-state index in [1.54, 1.807) is 12.1 Å². The molecule has 0 fully saturated rings. The molecule has 0 bridgehead atoms. The van der Waals surface area contributed by atoms with Gasteiger partial charge in [0, 0.05) is 12.1 Å². The Balaban J connectivity index is 2.18. The summed E-state index contributed by atoms with van der Waals surface area (Å²) in [5, 5.41) is 18.6. The van der Waals surface area contributed by atoms with E-state index in [2.05, 4.69) is 6.07 Å². The predicted molar refractivity (Wildman–Crippen MR) is 68.2 cm³/mol. The monoisotopic (exact) mass is 245 g/mol. The minimum absolute atomic E-state index is 0.253. The standard InChI is InChI=1S/C14H15NO3/c1-10-7-11(2)9-14(8-10)18-13-5-3-12(4-6-13)15(16)17/h3-9,15-16H,1-2H3. The third kappa shape index (κ3) is 3.07. The van der Waals surface area contributed by atoms with Crippen molar-refractivity contribution in [3.8, 4) is 11.5 Å². The van der Waals surface area contributed by atoms with Crippen molar-refractivity contribution in [2.75, 3.05) is 0 Å². The maximum atomic E-state index is 10.7.